The fourth-order valence-electron chi connectivity index (χ4n) is 3.03. The number of carbonyl (C=O) groups excluding carboxylic acids is 2. The zero-order chi connectivity index (χ0) is 19.4. The predicted octanol–water partition coefficient (Wildman–Crippen LogP) is 1.67. The van der Waals surface area contributed by atoms with E-state index in [0.717, 1.165) is 5.69 Å². The van der Waals surface area contributed by atoms with E-state index in [0.29, 0.717) is 13.1 Å². The normalized spacial score (nSPS) is 19.6. The van der Waals surface area contributed by atoms with Crippen molar-refractivity contribution in [1.82, 2.24) is 14.7 Å². The van der Waals surface area contributed by atoms with Crippen molar-refractivity contribution >= 4 is 11.9 Å². The summed E-state index contributed by atoms with van der Waals surface area (Å²) >= 11 is 0. The number of para-hydroxylation sites is 1. The molecule has 0 N–H and O–H groups in total. The Morgan fingerprint density at radius 1 is 1.19 bits per heavy atom. The number of benzene rings is 1. The Morgan fingerprint density at radius 3 is 2.48 bits per heavy atom. The molecule has 27 heavy (non-hydrogen) atoms. The van der Waals surface area contributed by atoms with Gasteiger partial charge < -0.3 is 19.1 Å². The molecular formula is C19H23N3O5. The SMILES string of the molecule is COc1cn(-c2ccccc2)nc1C(=O)OCC(=O)N1C[C@@H](C)O[C@H](C)C1. The number of nitrogens with zero attached hydrogens (tertiary/aromatic N) is 3. The quantitative estimate of drug-likeness (QED) is 0.742. The highest BCUT2D eigenvalue weighted by atomic mass is 16.5. The number of hydrogen-bond donors (Lipinski definition) is 0. The highest BCUT2D eigenvalue weighted by molar-refractivity contribution is 5.92. The van der Waals surface area contributed by atoms with Crippen LogP contribution in [0.2, 0.25) is 0 Å². The molecule has 2 atom stereocenters. The fraction of sp³-hybridized carbons (Fsp3) is 0.421. The standard InChI is InChI=1S/C19H23N3O5/c1-13-9-21(10-14(2)27-13)17(23)12-26-19(24)18-16(25-3)11-22(20-18)15-7-5-4-6-8-15/h4-8,11,13-14H,9-10,12H2,1-3H3/t13-,14-/m1/s1. The van der Waals surface area contributed by atoms with E-state index in [1.165, 1.54) is 11.8 Å². The van der Waals surface area contributed by atoms with Gasteiger partial charge in [0.15, 0.2) is 12.4 Å². The van der Waals surface area contributed by atoms with Crippen LogP contribution in [-0.2, 0) is 14.3 Å². The van der Waals surface area contributed by atoms with Gasteiger partial charge in [-0.05, 0) is 26.0 Å². The molecular weight excluding hydrogens is 350 g/mol. The largest absolute Gasteiger partial charge is 0.493 e. The van der Waals surface area contributed by atoms with Crippen molar-refractivity contribution in [1.29, 1.82) is 0 Å². The number of aromatic nitrogens is 2. The molecule has 0 spiro atoms. The van der Waals surface area contributed by atoms with Crippen LogP contribution in [-0.4, -0.2) is 65.6 Å². The van der Waals surface area contributed by atoms with Crippen molar-refractivity contribution in [3.8, 4) is 11.4 Å². The first-order chi connectivity index (χ1) is 13.0. The van der Waals surface area contributed by atoms with Crippen LogP contribution in [0.15, 0.2) is 36.5 Å². The van der Waals surface area contributed by atoms with Gasteiger partial charge in [-0.2, -0.15) is 5.10 Å². The summed E-state index contributed by atoms with van der Waals surface area (Å²) in [6.07, 6.45) is 1.50. The van der Waals surface area contributed by atoms with Gasteiger partial charge in [0.25, 0.3) is 5.91 Å². The van der Waals surface area contributed by atoms with Crippen molar-refractivity contribution in [2.24, 2.45) is 0 Å². The number of hydrogen-bond acceptors (Lipinski definition) is 6. The van der Waals surface area contributed by atoms with E-state index >= 15 is 0 Å². The van der Waals surface area contributed by atoms with Crippen LogP contribution in [0.3, 0.4) is 0 Å². The number of rotatable bonds is 5. The fourth-order valence-corrected chi connectivity index (χ4v) is 3.03. The summed E-state index contributed by atoms with van der Waals surface area (Å²) in [7, 11) is 1.45. The van der Waals surface area contributed by atoms with Gasteiger partial charge in [-0.1, -0.05) is 18.2 Å². The van der Waals surface area contributed by atoms with Crippen molar-refractivity contribution in [2.75, 3.05) is 26.8 Å². The molecule has 1 amide bonds. The van der Waals surface area contributed by atoms with E-state index in [1.807, 2.05) is 44.2 Å². The first-order valence-electron chi connectivity index (χ1n) is 8.77. The second-order valence-corrected chi connectivity index (χ2v) is 6.46. The van der Waals surface area contributed by atoms with E-state index in [1.54, 1.807) is 11.1 Å². The Kier molecular flexibility index (Phi) is 5.75. The summed E-state index contributed by atoms with van der Waals surface area (Å²) in [5.74, 6) is -0.680. The Labute approximate surface area is 157 Å². The van der Waals surface area contributed by atoms with Gasteiger partial charge in [-0.3, -0.25) is 4.79 Å². The number of amides is 1. The number of esters is 1. The van der Waals surface area contributed by atoms with Gasteiger partial charge in [-0.25, -0.2) is 9.48 Å². The van der Waals surface area contributed by atoms with Crippen molar-refractivity contribution in [3.63, 3.8) is 0 Å². The minimum atomic E-state index is -0.704. The molecule has 1 aromatic heterocycles. The molecule has 0 unspecified atom stereocenters. The summed E-state index contributed by atoms with van der Waals surface area (Å²) in [6.45, 7) is 4.42. The van der Waals surface area contributed by atoms with Gasteiger partial charge >= 0.3 is 5.97 Å². The summed E-state index contributed by atoms with van der Waals surface area (Å²) < 4.78 is 17.5. The van der Waals surface area contributed by atoms with E-state index < -0.39 is 5.97 Å². The Bertz CT molecular complexity index is 795. The molecule has 2 heterocycles. The van der Waals surface area contributed by atoms with Crippen molar-refractivity contribution < 1.29 is 23.8 Å². The number of ether oxygens (including phenoxy) is 3. The zero-order valence-electron chi connectivity index (χ0n) is 15.6. The first-order valence-corrected chi connectivity index (χ1v) is 8.77. The lowest BCUT2D eigenvalue weighted by atomic mass is 10.2. The second kappa shape index (κ2) is 8.22. The molecule has 0 radical (unpaired) electrons. The second-order valence-electron chi connectivity index (χ2n) is 6.46. The van der Waals surface area contributed by atoms with Gasteiger partial charge in [0.05, 0.1) is 31.2 Å². The molecule has 0 saturated carbocycles. The van der Waals surface area contributed by atoms with Crippen LogP contribution in [0.25, 0.3) is 5.69 Å². The number of morpholine rings is 1. The van der Waals surface area contributed by atoms with Crippen LogP contribution in [0.1, 0.15) is 24.3 Å². The highest BCUT2D eigenvalue weighted by Crippen LogP contribution is 2.20. The number of methoxy groups -OCH3 is 1. The van der Waals surface area contributed by atoms with Gasteiger partial charge in [0, 0.05) is 13.1 Å². The average Bonchev–Trinajstić information content (AvgIpc) is 3.10. The third-order valence-corrected chi connectivity index (χ3v) is 4.21. The Balaban J connectivity index is 1.66. The molecule has 8 nitrogen and oxygen atoms in total. The van der Waals surface area contributed by atoms with Gasteiger partial charge in [-0.15, -0.1) is 0 Å². The van der Waals surface area contributed by atoms with Crippen LogP contribution in [0.5, 0.6) is 5.75 Å². The van der Waals surface area contributed by atoms with Crippen LogP contribution in [0, 0.1) is 0 Å². The summed E-state index contributed by atoms with van der Waals surface area (Å²) in [5.41, 5.74) is 0.806. The molecule has 144 valence electrons. The van der Waals surface area contributed by atoms with Crippen molar-refractivity contribution in [3.05, 3.63) is 42.2 Å². The third kappa shape index (κ3) is 4.46. The van der Waals surface area contributed by atoms with Crippen LogP contribution >= 0.6 is 0 Å². The maximum Gasteiger partial charge on any atom is 0.363 e. The molecule has 1 aromatic carbocycles. The first kappa shape index (κ1) is 18.9. The van der Waals surface area contributed by atoms with E-state index in [4.69, 9.17) is 14.2 Å². The van der Waals surface area contributed by atoms with Gasteiger partial charge in [0.1, 0.15) is 0 Å². The van der Waals surface area contributed by atoms with Crippen LogP contribution in [0.4, 0.5) is 0 Å². The summed E-state index contributed by atoms with van der Waals surface area (Å²) in [6, 6.07) is 9.32. The average molecular weight is 373 g/mol. The molecule has 1 saturated heterocycles. The molecule has 0 bridgehead atoms. The predicted molar refractivity (Wildman–Crippen MR) is 97.0 cm³/mol. The molecule has 2 aromatic rings. The molecule has 1 aliphatic rings. The van der Waals surface area contributed by atoms with Crippen LogP contribution < -0.4 is 4.74 Å². The Morgan fingerprint density at radius 2 is 1.85 bits per heavy atom. The van der Waals surface area contributed by atoms with E-state index in [-0.39, 0.29) is 36.2 Å². The molecule has 3 rings (SSSR count). The highest BCUT2D eigenvalue weighted by Gasteiger charge is 2.27. The van der Waals surface area contributed by atoms with E-state index in [9.17, 15) is 9.59 Å². The molecule has 8 heteroatoms. The lowest BCUT2D eigenvalue weighted by molar-refractivity contribution is -0.146. The lowest BCUT2D eigenvalue weighted by Crippen LogP contribution is -2.49. The summed E-state index contributed by atoms with van der Waals surface area (Å²) in [4.78, 5) is 26.4. The lowest BCUT2D eigenvalue weighted by Gasteiger charge is -2.35. The minimum Gasteiger partial charge on any atom is -0.493 e. The zero-order valence-corrected chi connectivity index (χ0v) is 15.6. The number of carbonyl (C=O) groups is 2. The smallest absolute Gasteiger partial charge is 0.363 e. The Hall–Kier alpha value is -2.87. The van der Waals surface area contributed by atoms with Crippen molar-refractivity contribution in [2.45, 2.75) is 26.1 Å². The topological polar surface area (TPSA) is 82.9 Å². The minimum absolute atomic E-state index is 0.0258. The molecule has 1 aliphatic heterocycles. The molecule has 0 aliphatic carbocycles. The third-order valence-electron chi connectivity index (χ3n) is 4.21. The van der Waals surface area contributed by atoms with Gasteiger partial charge in [0.2, 0.25) is 5.69 Å². The maximum atomic E-state index is 12.4. The van der Waals surface area contributed by atoms with E-state index in [2.05, 4.69) is 5.10 Å². The summed E-state index contributed by atoms with van der Waals surface area (Å²) in [5, 5.41) is 4.24. The maximum absolute atomic E-state index is 12.4. The monoisotopic (exact) mass is 373 g/mol. The molecule has 1 fully saturated rings.